The molecule has 0 fully saturated rings. The maximum Gasteiger partial charge on any atom is 0.149 e. The second-order valence-corrected chi connectivity index (χ2v) is 3.00. The van der Waals surface area contributed by atoms with Crippen molar-refractivity contribution in [2.45, 2.75) is 25.9 Å². The van der Waals surface area contributed by atoms with Crippen LogP contribution in [0.2, 0.25) is 0 Å². The fourth-order valence-electron chi connectivity index (χ4n) is 1.30. The Kier molecular flexibility index (Phi) is 3.13. The van der Waals surface area contributed by atoms with Crippen molar-refractivity contribution in [3.05, 3.63) is 6.20 Å². The zero-order chi connectivity index (χ0) is 9.84. The summed E-state index contributed by atoms with van der Waals surface area (Å²) in [5.41, 5.74) is 12.2. The Morgan fingerprint density at radius 2 is 2.38 bits per heavy atom. The molecule has 0 saturated heterocycles. The van der Waals surface area contributed by atoms with E-state index < -0.39 is 0 Å². The normalized spacial score (nSPS) is 12.8. The van der Waals surface area contributed by atoms with Gasteiger partial charge in [-0.05, 0) is 6.42 Å². The molecule has 1 aromatic heterocycles. The quantitative estimate of drug-likeness (QED) is 0.643. The lowest BCUT2D eigenvalue weighted by molar-refractivity contribution is 0.440. The minimum absolute atomic E-state index is 0.0928. The first-order valence-electron chi connectivity index (χ1n) is 4.47. The highest BCUT2D eigenvalue weighted by atomic mass is 15.4. The maximum atomic E-state index is 5.90. The number of rotatable bonds is 4. The number of anilines is 2. The number of nitrogens with two attached hydrogens (primary N) is 2. The zero-order valence-corrected chi connectivity index (χ0v) is 8.12. The van der Waals surface area contributed by atoms with Gasteiger partial charge in [0.25, 0.3) is 0 Å². The third-order valence-electron chi connectivity index (χ3n) is 1.96. The van der Waals surface area contributed by atoms with Crippen LogP contribution >= 0.6 is 0 Å². The van der Waals surface area contributed by atoms with E-state index >= 15 is 0 Å². The average Bonchev–Trinajstić information content (AvgIpc) is 2.47. The largest absolute Gasteiger partial charge is 0.394 e. The predicted molar refractivity (Wildman–Crippen MR) is 54.3 cm³/mol. The Morgan fingerprint density at radius 3 is 2.92 bits per heavy atom. The first-order chi connectivity index (χ1) is 6.20. The van der Waals surface area contributed by atoms with E-state index in [4.69, 9.17) is 11.5 Å². The van der Waals surface area contributed by atoms with Crippen LogP contribution in [0, 0.1) is 0 Å². The third-order valence-corrected chi connectivity index (χ3v) is 1.96. The molecule has 1 heterocycles. The molecular weight excluding hydrogens is 166 g/mol. The molecule has 1 rings (SSSR count). The van der Waals surface area contributed by atoms with Crippen molar-refractivity contribution in [1.29, 1.82) is 0 Å². The van der Waals surface area contributed by atoms with Crippen molar-refractivity contribution in [2.24, 2.45) is 5.73 Å². The molecule has 74 valence electrons. The lowest BCUT2D eigenvalue weighted by Crippen LogP contribution is -2.21. The molecule has 0 radical (unpaired) electrons. The summed E-state index contributed by atoms with van der Waals surface area (Å²) in [7, 11) is 1.81. The monoisotopic (exact) mass is 183 g/mol. The van der Waals surface area contributed by atoms with Crippen LogP contribution in [0.1, 0.15) is 25.9 Å². The number of nitrogen functional groups attached to an aromatic ring is 1. The van der Waals surface area contributed by atoms with Gasteiger partial charge in [-0.3, -0.25) is 0 Å². The summed E-state index contributed by atoms with van der Waals surface area (Å²) in [6.45, 7) is 2.09. The van der Waals surface area contributed by atoms with E-state index in [1.54, 1.807) is 10.9 Å². The second-order valence-electron chi connectivity index (χ2n) is 3.00. The fraction of sp³-hybridized carbons (Fsp3) is 0.625. The summed E-state index contributed by atoms with van der Waals surface area (Å²) in [6.07, 6.45) is 3.45. The van der Waals surface area contributed by atoms with Gasteiger partial charge >= 0.3 is 0 Å². The Morgan fingerprint density at radius 1 is 1.69 bits per heavy atom. The summed E-state index contributed by atoms with van der Waals surface area (Å²) in [4.78, 5) is 0. The zero-order valence-electron chi connectivity index (χ0n) is 8.12. The molecule has 0 spiro atoms. The van der Waals surface area contributed by atoms with E-state index in [2.05, 4.69) is 17.3 Å². The van der Waals surface area contributed by atoms with Gasteiger partial charge in [0.2, 0.25) is 0 Å². The molecule has 5 heteroatoms. The van der Waals surface area contributed by atoms with Gasteiger partial charge in [0, 0.05) is 7.05 Å². The summed E-state index contributed by atoms with van der Waals surface area (Å²) >= 11 is 0. The standard InChI is InChI=1S/C8H17N5/c1-3-4-7(10)13-8(11-2)6(9)5-12-13/h5,7,11H,3-4,9-10H2,1-2H3. The highest BCUT2D eigenvalue weighted by Gasteiger charge is 2.11. The minimum atomic E-state index is -0.0928. The third kappa shape index (κ3) is 1.92. The lowest BCUT2D eigenvalue weighted by Gasteiger charge is -2.14. The van der Waals surface area contributed by atoms with E-state index in [0.717, 1.165) is 18.7 Å². The van der Waals surface area contributed by atoms with Gasteiger partial charge in [0.15, 0.2) is 0 Å². The highest BCUT2D eigenvalue weighted by Crippen LogP contribution is 2.20. The Balaban J connectivity index is 2.86. The van der Waals surface area contributed by atoms with Crippen LogP contribution < -0.4 is 16.8 Å². The predicted octanol–water partition coefficient (Wildman–Crippen LogP) is 0.764. The molecule has 0 bridgehead atoms. The van der Waals surface area contributed by atoms with E-state index in [1.807, 2.05) is 7.05 Å². The van der Waals surface area contributed by atoms with Gasteiger partial charge in [-0.1, -0.05) is 13.3 Å². The summed E-state index contributed by atoms with van der Waals surface area (Å²) in [5.74, 6) is 0.793. The maximum absolute atomic E-state index is 5.90. The number of hydrogen-bond acceptors (Lipinski definition) is 4. The van der Waals surface area contributed by atoms with Crippen molar-refractivity contribution in [3.8, 4) is 0 Å². The number of nitrogens with zero attached hydrogens (tertiary/aromatic N) is 2. The van der Waals surface area contributed by atoms with E-state index in [1.165, 1.54) is 0 Å². The lowest BCUT2D eigenvalue weighted by atomic mass is 10.3. The van der Waals surface area contributed by atoms with Crippen molar-refractivity contribution in [3.63, 3.8) is 0 Å². The van der Waals surface area contributed by atoms with Crippen LogP contribution in [0.15, 0.2) is 6.20 Å². The second kappa shape index (κ2) is 4.13. The van der Waals surface area contributed by atoms with Gasteiger partial charge in [-0.15, -0.1) is 0 Å². The van der Waals surface area contributed by atoms with Gasteiger partial charge < -0.3 is 16.8 Å². The molecule has 0 aliphatic carbocycles. The summed E-state index contributed by atoms with van der Waals surface area (Å²) in [6, 6.07) is 0. The van der Waals surface area contributed by atoms with Crippen molar-refractivity contribution in [2.75, 3.05) is 18.1 Å². The van der Waals surface area contributed by atoms with E-state index in [-0.39, 0.29) is 6.17 Å². The fourth-order valence-corrected chi connectivity index (χ4v) is 1.30. The Labute approximate surface area is 78.1 Å². The smallest absolute Gasteiger partial charge is 0.149 e. The molecule has 0 aromatic carbocycles. The molecule has 0 saturated carbocycles. The van der Waals surface area contributed by atoms with Crippen LogP contribution in [0.3, 0.4) is 0 Å². The number of hydrogen-bond donors (Lipinski definition) is 3. The summed E-state index contributed by atoms with van der Waals surface area (Å²) < 4.78 is 1.72. The van der Waals surface area contributed by atoms with Crippen molar-refractivity contribution < 1.29 is 0 Å². The molecule has 5 nitrogen and oxygen atoms in total. The van der Waals surface area contributed by atoms with E-state index in [0.29, 0.717) is 5.69 Å². The molecule has 13 heavy (non-hydrogen) atoms. The van der Waals surface area contributed by atoms with Gasteiger partial charge in [-0.25, -0.2) is 4.68 Å². The highest BCUT2D eigenvalue weighted by molar-refractivity contribution is 5.60. The molecule has 0 aliphatic rings. The Hall–Kier alpha value is -1.23. The van der Waals surface area contributed by atoms with Crippen molar-refractivity contribution in [1.82, 2.24) is 9.78 Å². The number of aromatic nitrogens is 2. The molecule has 0 amide bonds. The molecule has 1 unspecified atom stereocenters. The van der Waals surface area contributed by atoms with Crippen LogP contribution in [0.4, 0.5) is 11.5 Å². The molecule has 0 aliphatic heterocycles. The van der Waals surface area contributed by atoms with Crippen LogP contribution in [0.25, 0.3) is 0 Å². The Bertz CT molecular complexity index is 267. The average molecular weight is 183 g/mol. The summed E-state index contributed by atoms with van der Waals surface area (Å²) in [5, 5.41) is 7.09. The van der Waals surface area contributed by atoms with Crippen molar-refractivity contribution >= 4 is 11.5 Å². The molecular formula is C8H17N5. The van der Waals surface area contributed by atoms with E-state index in [9.17, 15) is 0 Å². The number of nitrogens with one attached hydrogen (secondary N) is 1. The van der Waals surface area contributed by atoms with Gasteiger partial charge in [-0.2, -0.15) is 5.10 Å². The van der Waals surface area contributed by atoms with Crippen LogP contribution in [-0.4, -0.2) is 16.8 Å². The van der Waals surface area contributed by atoms with Crippen LogP contribution in [-0.2, 0) is 0 Å². The topological polar surface area (TPSA) is 81.9 Å². The molecule has 1 atom stereocenters. The first kappa shape index (κ1) is 9.85. The van der Waals surface area contributed by atoms with Crippen LogP contribution in [0.5, 0.6) is 0 Å². The SMILES string of the molecule is CCCC(N)n1ncc(N)c1NC. The van der Waals surface area contributed by atoms with Gasteiger partial charge in [0.05, 0.1) is 11.9 Å². The minimum Gasteiger partial charge on any atom is -0.394 e. The molecule has 5 N–H and O–H groups in total. The van der Waals surface area contributed by atoms with Gasteiger partial charge in [0.1, 0.15) is 12.0 Å². The molecule has 1 aromatic rings. The first-order valence-corrected chi connectivity index (χ1v) is 4.47.